The topological polar surface area (TPSA) is 60.9 Å². The van der Waals surface area contributed by atoms with Crippen LogP contribution in [0, 0.1) is 5.92 Å². The van der Waals surface area contributed by atoms with Crippen molar-refractivity contribution in [3.63, 3.8) is 0 Å². The van der Waals surface area contributed by atoms with E-state index in [1.54, 1.807) is 24.3 Å². The third-order valence-corrected chi connectivity index (χ3v) is 8.58. The smallest absolute Gasteiger partial charge is 0.254 e. The van der Waals surface area contributed by atoms with Crippen molar-refractivity contribution in [2.24, 2.45) is 5.92 Å². The summed E-state index contributed by atoms with van der Waals surface area (Å²) >= 11 is 0. The second kappa shape index (κ2) is 8.13. The van der Waals surface area contributed by atoms with Gasteiger partial charge < -0.3 is 9.80 Å². The van der Waals surface area contributed by atoms with Crippen molar-refractivity contribution in [1.29, 1.82) is 0 Å². The van der Waals surface area contributed by atoms with E-state index in [9.17, 15) is 13.2 Å². The zero-order valence-electron chi connectivity index (χ0n) is 16.7. The van der Waals surface area contributed by atoms with Crippen LogP contribution in [-0.2, 0) is 10.0 Å². The van der Waals surface area contributed by atoms with E-state index in [0.29, 0.717) is 30.6 Å². The lowest BCUT2D eigenvalue weighted by Gasteiger charge is -2.44. The fourth-order valence-electron chi connectivity index (χ4n) is 5.01. The van der Waals surface area contributed by atoms with E-state index in [-0.39, 0.29) is 10.8 Å². The molecular weight excluding hydrogens is 374 g/mol. The van der Waals surface area contributed by atoms with Crippen molar-refractivity contribution in [3.8, 4) is 0 Å². The Morgan fingerprint density at radius 2 is 1.68 bits per heavy atom. The average molecular weight is 406 g/mol. The third-order valence-electron chi connectivity index (χ3n) is 6.69. The molecule has 1 saturated carbocycles. The van der Waals surface area contributed by atoms with Gasteiger partial charge in [0.25, 0.3) is 5.91 Å². The van der Waals surface area contributed by atoms with Gasteiger partial charge in [0.1, 0.15) is 0 Å². The van der Waals surface area contributed by atoms with Crippen LogP contribution in [0.3, 0.4) is 0 Å². The second-order valence-electron chi connectivity index (χ2n) is 8.49. The number of fused-ring (bicyclic) bond motifs is 1. The number of likely N-dealkylation sites (N-methyl/N-ethyl adjacent to an activating group) is 1. The number of nitrogens with zero attached hydrogens (tertiary/aromatic N) is 3. The molecule has 0 aromatic heterocycles. The lowest BCUT2D eigenvalue weighted by atomic mass is 9.78. The molecule has 3 fully saturated rings. The summed E-state index contributed by atoms with van der Waals surface area (Å²) in [7, 11) is -1.56. The minimum Gasteiger partial charge on any atom is -0.335 e. The molecule has 1 amide bonds. The fraction of sp³-hybridized carbons (Fsp3) is 0.667. The summed E-state index contributed by atoms with van der Waals surface area (Å²) in [5.41, 5.74) is 0.501. The highest BCUT2D eigenvalue weighted by Crippen LogP contribution is 2.36. The van der Waals surface area contributed by atoms with Gasteiger partial charge in [-0.2, -0.15) is 4.31 Å². The van der Waals surface area contributed by atoms with Crippen molar-refractivity contribution in [2.75, 3.05) is 39.8 Å². The number of carbonyl (C=O) groups excluding carboxylic acids is 1. The average Bonchev–Trinajstić information content (AvgIpc) is 2.73. The van der Waals surface area contributed by atoms with E-state index in [2.05, 4.69) is 4.90 Å². The van der Waals surface area contributed by atoms with Crippen LogP contribution in [0.25, 0.3) is 0 Å². The minimum absolute atomic E-state index is 0.00738. The Hall–Kier alpha value is -1.44. The Balaban J connectivity index is 1.55. The van der Waals surface area contributed by atoms with Crippen molar-refractivity contribution >= 4 is 15.9 Å². The van der Waals surface area contributed by atoms with Crippen molar-refractivity contribution in [1.82, 2.24) is 14.1 Å². The lowest BCUT2D eigenvalue weighted by molar-refractivity contribution is 0.0390. The molecule has 1 aliphatic carbocycles. The Morgan fingerprint density at radius 1 is 0.964 bits per heavy atom. The molecule has 0 spiro atoms. The summed E-state index contributed by atoms with van der Waals surface area (Å²) in [6.45, 7) is 3.23. The number of piperidine rings is 1. The molecule has 154 valence electrons. The van der Waals surface area contributed by atoms with Crippen LogP contribution in [0.15, 0.2) is 29.2 Å². The third kappa shape index (κ3) is 3.84. The molecule has 6 nitrogen and oxygen atoms in total. The lowest BCUT2D eigenvalue weighted by Crippen LogP contribution is -2.49. The predicted molar refractivity (Wildman–Crippen MR) is 109 cm³/mol. The number of likely N-dealkylation sites (tertiary alicyclic amines) is 1. The highest BCUT2D eigenvalue weighted by molar-refractivity contribution is 7.89. The highest BCUT2D eigenvalue weighted by Gasteiger charge is 2.36. The summed E-state index contributed by atoms with van der Waals surface area (Å²) in [6.07, 6.45) is 7.01. The van der Waals surface area contributed by atoms with Gasteiger partial charge in [0.05, 0.1) is 4.90 Å². The monoisotopic (exact) mass is 405 g/mol. The molecular formula is C21H31N3O3S. The first-order valence-corrected chi connectivity index (χ1v) is 12.0. The van der Waals surface area contributed by atoms with E-state index in [4.69, 9.17) is 0 Å². The molecule has 1 aromatic rings. The number of amides is 1. The fourth-order valence-corrected chi connectivity index (χ4v) is 6.48. The maximum absolute atomic E-state index is 13.3. The molecule has 0 N–H and O–H groups in total. The van der Waals surface area contributed by atoms with Crippen molar-refractivity contribution < 1.29 is 13.2 Å². The SMILES string of the molecule is CN1CCN(S(=O)(=O)c2cccc(C(=O)N3CCCC4CCCCC43)c2)CC1. The zero-order valence-corrected chi connectivity index (χ0v) is 17.5. The Labute approximate surface area is 168 Å². The van der Waals surface area contributed by atoms with Gasteiger partial charge in [0.15, 0.2) is 0 Å². The van der Waals surface area contributed by atoms with Gasteiger partial charge in [0.2, 0.25) is 10.0 Å². The van der Waals surface area contributed by atoms with E-state index in [1.165, 1.54) is 30.0 Å². The molecule has 28 heavy (non-hydrogen) atoms. The highest BCUT2D eigenvalue weighted by atomic mass is 32.2. The Bertz CT molecular complexity index is 816. The van der Waals surface area contributed by atoms with Crippen molar-refractivity contribution in [3.05, 3.63) is 29.8 Å². The number of hydrogen-bond acceptors (Lipinski definition) is 4. The first-order valence-electron chi connectivity index (χ1n) is 10.6. The standard InChI is InChI=1S/C21H31N3O3S/c1-22-12-14-23(15-13-22)28(26,27)19-9-4-7-18(16-19)21(25)24-11-5-8-17-6-2-3-10-20(17)24/h4,7,9,16-17,20H,2-3,5-6,8,10-15H2,1H3. The molecule has 1 aromatic carbocycles. The molecule has 7 heteroatoms. The van der Waals surface area contributed by atoms with Gasteiger partial charge in [-0.05, 0) is 56.8 Å². The first kappa shape index (κ1) is 19.9. The molecule has 0 bridgehead atoms. The Morgan fingerprint density at radius 3 is 2.46 bits per heavy atom. The number of piperazine rings is 1. The minimum atomic E-state index is -3.56. The molecule has 0 radical (unpaired) electrons. The van der Waals surface area contributed by atoms with Gasteiger partial charge in [-0.1, -0.05) is 18.9 Å². The van der Waals surface area contributed by atoms with Gasteiger partial charge in [-0.15, -0.1) is 0 Å². The van der Waals surface area contributed by atoms with E-state index in [1.807, 2.05) is 11.9 Å². The quantitative estimate of drug-likeness (QED) is 0.775. The maximum Gasteiger partial charge on any atom is 0.254 e. The number of rotatable bonds is 3. The van der Waals surface area contributed by atoms with E-state index in [0.717, 1.165) is 32.5 Å². The summed E-state index contributed by atoms with van der Waals surface area (Å²) in [6, 6.07) is 7.00. The van der Waals surface area contributed by atoms with Crippen LogP contribution < -0.4 is 0 Å². The van der Waals surface area contributed by atoms with E-state index < -0.39 is 10.0 Å². The molecule has 2 heterocycles. The summed E-state index contributed by atoms with van der Waals surface area (Å²) < 4.78 is 27.6. The second-order valence-corrected chi connectivity index (χ2v) is 10.4. The van der Waals surface area contributed by atoms with Crippen LogP contribution in [0.1, 0.15) is 48.9 Å². The van der Waals surface area contributed by atoms with Crippen LogP contribution >= 0.6 is 0 Å². The summed E-state index contributed by atoms with van der Waals surface area (Å²) in [4.78, 5) is 17.7. The van der Waals surface area contributed by atoms with Gasteiger partial charge in [0, 0.05) is 44.3 Å². The Kier molecular flexibility index (Phi) is 5.76. The van der Waals surface area contributed by atoms with Crippen LogP contribution in [0.2, 0.25) is 0 Å². The van der Waals surface area contributed by atoms with Crippen LogP contribution in [-0.4, -0.2) is 74.2 Å². The number of carbonyl (C=O) groups is 1. The summed E-state index contributed by atoms with van der Waals surface area (Å²) in [5.74, 6) is 0.607. The van der Waals surface area contributed by atoms with Gasteiger partial charge >= 0.3 is 0 Å². The number of benzene rings is 1. The molecule has 3 aliphatic rings. The van der Waals surface area contributed by atoms with E-state index >= 15 is 0 Å². The zero-order chi connectivity index (χ0) is 19.7. The van der Waals surface area contributed by atoms with Crippen LogP contribution in [0.5, 0.6) is 0 Å². The summed E-state index contributed by atoms with van der Waals surface area (Å²) in [5, 5.41) is 0. The molecule has 4 rings (SSSR count). The first-order chi connectivity index (χ1) is 13.5. The molecule has 2 aliphatic heterocycles. The van der Waals surface area contributed by atoms with Crippen LogP contribution in [0.4, 0.5) is 0 Å². The molecule has 2 atom stereocenters. The largest absolute Gasteiger partial charge is 0.335 e. The predicted octanol–water partition coefficient (Wildman–Crippen LogP) is 2.42. The molecule has 2 unspecified atom stereocenters. The molecule has 2 saturated heterocycles. The van der Waals surface area contributed by atoms with Crippen molar-refractivity contribution in [2.45, 2.75) is 49.5 Å². The number of hydrogen-bond donors (Lipinski definition) is 0. The maximum atomic E-state index is 13.3. The van der Waals surface area contributed by atoms with Gasteiger partial charge in [-0.25, -0.2) is 8.42 Å². The van der Waals surface area contributed by atoms with Gasteiger partial charge in [-0.3, -0.25) is 4.79 Å². The number of sulfonamides is 1. The normalized spacial score (nSPS) is 27.4.